The first-order valence-electron chi connectivity index (χ1n) is 5.98. The molecule has 0 spiro atoms. The molecule has 0 saturated carbocycles. The van der Waals surface area contributed by atoms with E-state index >= 15 is 0 Å². The SMILES string of the molecule is CSc1ccc(Cl)c(C(=O)Nc2cccc(CO)c2)c1. The van der Waals surface area contributed by atoms with Gasteiger partial charge in [-0.05, 0) is 42.2 Å². The fraction of sp³-hybridized carbons (Fsp3) is 0.133. The summed E-state index contributed by atoms with van der Waals surface area (Å²) >= 11 is 7.61. The fourth-order valence-electron chi connectivity index (χ4n) is 1.75. The molecule has 0 unspecified atom stereocenters. The van der Waals surface area contributed by atoms with E-state index in [1.165, 1.54) is 0 Å². The van der Waals surface area contributed by atoms with Gasteiger partial charge in [-0.3, -0.25) is 4.79 Å². The van der Waals surface area contributed by atoms with Crippen LogP contribution in [0.25, 0.3) is 0 Å². The molecule has 0 aliphatic heterocycles. The molecule has 5 heteroatoms. The molecular weight excluding hydrogens is 294 g/mol. The van der Waals surface area contributed by atoms with Crippen molar-refractivity contribution in [3.05, 3.63) is 58.6 Å². The van der Waals surface area contributed by atoms with Gasteiger partial charge in [0.15, 0.2) is 0 Å². The molecule has 0 atom stereocenters. The highest BCUT2D eigenvalue weighted by Gasteiger charge is 2.11. The van der Waals surface area contributed by atoms with Crippen LogP contribution in [-0.2, 0) is 6.61 Å². The monoisotopic (exact) mass is 307 g/mol. The maximum absolute atomic E-state index is 12.2. The van der Waals surface area contributed by atoms with E-state index < -0.39 is 0 Å². The fourth-order valence-corrected chi connectivity index (χ4v) is 2.39. The van der Waals surface area contributed by atoms with Crippen molar-refractivity contribution in [2.75, 3.05) is 11.6 Å². The summed E-state index contributed by atoms with van der Waals surface area (Å²) in [6.07, 6.45) is 1.94. The Bertz CT molecular complexity index is 631. The van der Waals surface area contributed by atoms with Crippen LogP contribution in [0.15, 0.2) is 47.4 Å². The summed E-state index contributed by atoms with van der Waals surface area (Å²) in [5.41, 5.74) is 1.81. The molecule has 2 rings (SSSR count). The van der Waals surface area contributed by atoms with Crippen molar-refractivity contribution in [2.45, 2.75) is 11.5 Å². The highest BCUT2D eigenvalue weighted by Crippen LogP contribution is 2.24. The van der Waals surface area contributed by atoms with Gasteiger partial charge < -0.3 is 10.4 Å². The first-order chi connectivity index (χ1) is 9.63. The molecule has 0 saturated heterocycles. The van der Waals surface area contributed by atoms with Crippen molar-refractivity contribution in [3.63, 3.8) is 0 Å². The number of hydrogen-bond acceptors (Lipinski definition) is 3. The lowest BCUT2D eigenvalue weighted by Gasteiger charge is -2.09. The molecular formula is C15H14ClNO2S. The Morgan fingerprint density at radius 3 is 2.80 bits per heavy atom. The van der Waals surface area contributed by atoms with E-state index in [1.807, 2.05) is 12.3 Å². The van der Waals surface area contributed by atoms with E-state index in [-0.39, 0.29) is 12.5 Å². The molecule has 1 amide bonds. The van der Waals surface area contributed by atoms with E-state index in [9.17, 15) is 4.79 Å². The summed E-state index contributed by atoms with van der Waals surface area (Å²) in [4.78, 5) is 13.2. The minimum atomic E-state index is -0.263. The van der Waals surface area contributed by atoms with Crippen molar-refractivity contribution >= 4 is 35.0 Å². The number of carbonyl (C=O) groups is 1. The number of aliphatic hydroxyl groups is 1. The van der Waals surface area contributed by atoms with Crippen LogP contribution in [0.3, 0.4) is 0 Å². The van der Waals surface area contributed by atoms with Gasteiger partial charge in [0, 0.05) is 10.6 Å². The topological polar surface area (TPSA) is 49.3 Å². The van der Waals surface area contributed by atoms with Gasteiger partial charge in [-0.25, -0.2) is 0 Å². The van der Waals surface area contributed by atoms with Crippen molar-refractivity contribution in [1.29, 1.82) is 0 Å². The Balaban J connectivity index is 2.23. The van der Waals surface area contributed by atoms with E-state index in [1.54, 1.807) is 48.2 Å². The highest BCUT2D eigenvalue weighted by atomic mass is 35.5. The number of benzene rings is 2. The lowest BCUT2D eigenvalue weighted by atomic mass is 10.2. The number of aliphatic hydroxyl groups excluding tert-OH is 1. The van der Waals surface area contributed by atoms with Crippen molar-refractivity contribution in [2.24, 2.45) is 0 Å². The van der Waals surface area contributed by atoms with E-state index in [0.29, 0.717) is 16.3 Å². The molecule has 0 fully saturated rings. The third-order valence-corrected chi connectivity index (χ3v) is 3.84. The number of thioether (sulfide) groups is 1. The van der Waals surface area contributed by atoms with Crippen LogP contribution >= 0.6 is 23.4 Å². The van der Waals surface area contributed by atoms with Crippen LogP contribution in [0.4, 0.5) is 5.69 Å². The summed E-state index contributed by atoms with van der Waals surface area (Å²) in [6.45, 7) is -0.0631. The summed E-state index contributed by atoms with van der Waals surface area (Å²) in [7, 11) is 0. The summed E-state index contributed by atoms with van der Waals surface area (Å²) < 4.78 is 0. The average Bonchev–Trinajstić information content (AvgIpc) is 2.47. The number of hydrogen-bond donors (Lipinski definition) is 2. The first-order valence-corrected chi connectivity index (χ1v) is 7.59. The predicted octanol–water partition coefficient (Wildman–Crippen LogP) is 3.81. The van der Waals surface area contributed by atoms with Crippen LogP contribution < -0.4 is 5.32 Å². The first kappa shape index (κ1) is 14.9. The molecule has 0 heterocycles. The van der Waals surface area contributed by atoms with Crippen LogP contribution in [0, 0.1) is 0 Å². The van der Waals surface area contributed by atoms with Gasteiger partial charge in [0.05, 0.1) is 17.2 Å². The minimum Gasteiger partial charge on any atom is -0.392 e. The summed E-state index contributed by atoms with van der Waals surface area (Å²) in [5, 5.41) is 12.3. The zero-order valence-electron chi connectivity index (χ0n) is 10.9. The van der Waals surface area contributed by atoms with Crippen LogP contribution in [-0.4, -0.2) is 17.3 Å². The quantitative estimate of drug-likeness (QED) is 0.845. The smallest absolute Gasteiger partial charge is 0.257 e. The van der Waals surface area contributed by atoms with Crippen LogP contribution in [0.5, 0.6) is 0 Å². The van der Waals surface area contributed by atoms with E-state index in [0.717, 1.165) is 10.5 Å². The van der Waals surface area contributed by atoms with Gasteiger partial charge >= 0.3 is 0 Å². The van der Waals surface area contributed by atoms with Gasteiger partial charge in [-0.2, -0.15) is 0 Å². The van der Waals surface area contributed by atoms with E-state index in [2.05, 4.69) is 5.32 Å². The summed E-state index contributed by atoms with van der Waals surface area (Å²) in [5.74, 6) is -0.263. The Kier molecular flexibility index (Phi) is 5.06. The molecule has 0 bridgehead atoms. The molecule has 2 aromatic rings. The number of nitrogens with one attached hydrogen (secondary N) is 1. The lowest BCUT2D eigenvalue weighted by molar-refractivity contribution is 0.102. The number of anilines is 1. The normalized spacial score (nSPS) is 10.3. The largest absolute Gasteiger partial charge is 0.392 e. The second-order valence-electron chi connectivity index (χ2n) is 4.16. The third kappa shape index (κ3) is 3.54. The van der Waals surface area contributed by atoms with Gasteiger partial charge in [0.1, 0.15) is 0 Å². The number of halogens is 1. The number of amides is 1. The molecule has 20 heavy (non-hydrogen) atoms. The number of rotatable bonds is 4. The Labute approximate surface area is 127 Å². The predicted molar refractivity (Wildman–Crippen MR) is 83.6 cm³/mol. The standard InChI is InChI=1S/C15H14ClNO2S/c1-20-12-5-6-14(16)13(8-12)15(19)17-11-4-2-3-10(7-11)9-18/h2-8,18H,9H2,1H3,(H,17,19). The van der Waals surface area contributed by atoms with Gasteiger partial charge in [-0.1, -0.05) is 23.7 Å². The van der Waals surface area contributed by atoms with Crippen molar-refractivity contribution in [3.8, 4) is 0 Å². The molecule has 0 aromatic heterocycles. The second-order valence-corrected chi connectivity index (χ2v) is 5.45. The third-order valence-electron chi connectivity index (χ3n) is 2.79. The average molecular weight is 308 g/mol. The molecule has 0 aliphatic carbocycles. The molecule has 3 nitrogen and oxygen atoms in total. The van der Waals surface area contributed by atoms with Crippen molar-refractivity contribution < 1.29 is 9.90 Å². The molecule has 2 N–H and O–H groups in total. The Morgan fingerprint density at radius 1 is 1.30 bits per heavy atom. The molecule has 0 radical (unpaired) electrons. The zero-order valence-corrected chi connectivity index (χ0v) is 12.5. The maximum atomic E-state index is 12.2. The summed E-state index contributed by atoms with van der Waals surface area (Å²) in [6, 6.07) is 12.4. The van der Waals surface area contributed by atoms with Gasteiger partial charge in [0.25, 0.3) is 5.91 Å². The Morgan fingerprint density at radius 2 is 2.10 bits per heavy atom. The van der Waals surface area contributed by atoms with Crippen LogP contribution in [0.1, 0.15) is 15.9 Å². The molecule has 0 aliphatic rings. The maximum Gasteiger partial charge on any atom is 0.257 e. The molecule has 2 aromatic carbocycles. The van der Waals surface area contributed by atoms with Gasteiger partial charge in [0.2, 0.25) is 0 Å². The second kappa shape index (κ2) is 6.79. The highest BCUT2D eigenvalue weighted by molar-refractivity contribution is 7.98. The molecule has 104 valence electrons. The van der Waals surface area contributed by atoms with Crippen molar-refractivity contribution in [1.82, 2.24) is 0 Å². The lowest BCUT2D eigenvalue weighted by Crippen LogP contribution is -2.12. The zero-order chi connectivity index (χ0) is 14.5. The Hall–Kier alpha value is -1.49. The van der Waals surface area contributed by atoms with E-state index in [4.69, 9.17) is 16.7 Å². The van der Waals surface area contributed by atoms with Gasteiger partial charge in [-0.15, -0.1) is 11.8 Å². The minimum absolute atomic E-state index is 0.0631. The number of carbonyl (C=O) groups excluding carboxylic acids is 1. The van der Waals surface area contributed by atoms with Crippen LogP contribution in [0.2, 0.25) is 5.02 Å².